The monoisotopic (exact) mass is 270 g/mol. The van der Waals surface area contributed by atoms with Crippen LogP contribution in [0.1, 0.15) is 17.3 Å². The van der Waals surface area contributed by atoms with Crippen LogP contribution in [-0.4, -0.2) is 40.2 Å². The van der Waals surface area contributed by atoms with Crippen molar-refractivity contribution in [1.29, 1.82) is 0 Å². The average Bonchev–Trinajstić information content (AvgIpc) is 2.32. The summed E-state index contributed by atoms with van der Waals surface area (Å²) in [7, 11) is 0. The van der Waals surface area contributed by atoms with Gasteiger partial charge in [-0.1, -0.05) is 0 Å². The number of rotatable bonds is 6. The number of nitrogens with zero attached hydrogens (tertiary/aromatic N) is 1. The van der Waals surface area contributed by atoms with Crippen molar-refractivity contribution >= 4 is 29.2 Å². The maximum atomic E-state index is 11.3. The molecule has 0 spiro atoms. The summed E-state index contributed by atoms with van der Waals surface area (Å²) in [4.78, 5) is 15.4. The van der Waals surface area contributed by atoms with Gasteiger partial charge in [0.15, 0.2) is 0 Å². The number of aliphatic hydroxyl groups is 1. The Bertz CT molecular complexity index is 424. The molecule has 0 saturated carbocycles. The van der Waals surface area contributed by atoms with Gasteiger partial charge >= 0.3 is 0 Å². The maximum Gasteiger partial charge on any atom is 0.252 e. The zero-order valence-electron chi connectivity index (χ0n) is 10.4. The summed E-state index contributed by atoms with van der Waals surface area (Å²) >= 11 is 1.53. The van der Waals surface area contributed by atoms with Gasteiger partial charge in [0.05, 0.1) is 24.1 Å². The van der Waals surface area contributed by atoms with E-state index in [2.05, 4.69) is 10.3 Å². The van der Waals surface area contributed by atoms with E-state index in [9.17, 15) is 9.90 Å². The first-order chi connectivity index (χ1) is 8.49. The molecule has 0 bridgehead atoms. The molecule has 0 radical (unpaired) electrons. The van der Waals surface area contributed by atoms with Crippen LogP contribution in [0.5, 0.6) is 0 Å². The second kappa shape index (κ2) is 6.46. The van der Waals surface area contributed by atoms with Crippen LogP contribution in [0, 0.1) is 0 Å². The van der Waals surface area contributed by atoms with Gasteiger partial charge in [-0.25, -0.2) is 4.98 Å². The van der Waals surface area contributed by atoms with Gasteiger partial charge < -0.3 is 21.9 Å². The van der Waals surface area contributed by atoms with Crippen LogP contribution in [0.4, 0.5) is 11.5 Å². The normalized spacial score (nSPS) is 13.9. The number of nitrogens with one attached hydrogen (secondary N) is 1. The van der Waals surface area contributed by atoms with Crippen LogP contribution < -0.4 is 16.8 Å². The Hall–Kier alpha value is -1.47. The summed E-state index contributed by atoms with van der Waals surface area (Å²) in [5.74, 6) is -0.203. The molecule has 6 nitrogen and oxygen atoms in total. The van der Waals surface area contributed by atoms with Gasteiger partial charge in [-0.2, -0.15) is 11.8 Å². The molecule has 7 heteroatoms. The van der Waals surface area contributed by atoms with Crippen molar-refractivity contribution in [2.75, 3.05) is 23.9 Å². The van der Waals surface area contributed by atoms with E-state index in [1.165, 1.54) is 24.0 Å². The molecular weight excluding hydrogens is 252 g/mol. The molecule has 0 fully saturated rings. The van der Waals surface area contributed by atoms with Crippen LogP contribution in [0.2, 0.25) is 0 Å². The highest BCUT2D eigenvalue weighted by molar-refractivity contribution is 7.99. The van der Waals surface area contributed by atoms with Crippen LogP contribution >= 0.6 is 11.8 Å². The lowest BCUT2D eigenvalue weighted by molar-refractivity contribution is 0.100. The Labute approximate surface area is 110 Å². The van der Waals surface area contributed by atoms with Gasteiger partial charge in [0.1, 0.15) is 5.82 Å². The first kappa shape index (κ1) is 14.6. The number of anilines is 2. The number of amides is 1. The molecule has 1 aromatic heterocycles. The number of aliphatic hydroxyl groups excluding tert-OH is 1. The number of hydrogen-bond donors (Lipinski definition) is 4. The first-order valence-corrected chi connectivity index (χ1v) is 6.73. The van der Waals surface area contributed by atoms with Crippen molar-refractivity contribution in [3.63, 3.8) is 0 Å². The number of hydrogen-bond acceptors (Lipinski definition) is 6. The van der Waals surface area contributed by atoms with Gasteiger partial charge in [0.25, 0.3) is 5.91 Å². The fraction of sp³-hybridized carbons (Fsp3) is 0.455. The molecule has 1 heterocycles. The zero-order valence-corrected chi connectivity index (χ0v) is 11.2. The second-order valence-electron chi connectivity index (χ2n) is 3.92. The molecule has 0 aromatic carbocycles. The lowest BCUT2D eigenvalue weighted by Gasteiger charge is -2.22. The summed E-state index contributed by atoms with van der Waals surface area (Å²) in [6, 6.07) is 1.43. The standard InChI is InChI=1S/C11H18N4O2S/c1-6(9(5-16)18-2)15-11-8(10(13)17)3-7(12)4-14-11/h3-4,6,9,16H,5,12H2,1-2H3,(H2,13,17)(H,14,15). The highest BCUT2D eigenvalue weighted by Gasteiger charge is 2.18. The summed E-state index contributed by atoms with van der Waals surface area (Å²) in [6.07, 6.45) is 3.36. The summed E-state index contributed by atoms with van der Waals surface area (Å²) in [5.41, 5.74) is 11.5. The van der Waals surface area contributed by atoms with E-state index >= 15 is 0 Å². The predicted molar refractivity (Wildman–Crippen MR) is 74.6 cm³/mol. The summed E-state index contributed by atoms with van der Waals surface area (Å²) in [6.45, 7) is 1.94. The molecule has 0 aliphatic rings. The Kier molecular flexibility index (Phi) is 5.24. The number of aromatic nitrogens is 1. The third-order valence-corrected chi connectivity index (χ3v) is 3.74. The smallest absolute Gasteiger partial charge is 0.252 e. The minimum Gasteiger partial charge on any atom is -0.397 e. The largest absolute Gasteiger partial charge is 0.397 e. The molecule has 6 N–H and O–H groups in total. The molecule has 1 aromatic rings. The van der Waals surface area contributed by atoms with Gasteiger partial charge in [-0.3, -0.25) is 4.79 Å². The summed E-state index contributed by atoms with van der Waals surface area (Å²) < 4.78 is 0. The number of nitrogens with two attached hydrogens (primary N) is 2. The minimum absolute atomic E-state index is 0.00470. The molecule has 0 aliphatic carbocycles. The number of pyridine rings is 1. The van der Waals surface area contributed by atoms with E-state index in [0.717, 1.165) is 0 Å². The highest BCUT2D eigenvalue weighted by atomic mass is 32.2. The van der Waals surface area contributed by atoms with Gasteiger partial charge in [0, 0.05) is 11.3 Å². The van der Waals surface area contributed by atoms with E-state index in [1.54, 1.807) is 0 Å². The average molecular weight is 270 g/mol. The molecule has 0 aliphatic heterocycles. The molecule has 1 rings (SSSR count). The van der Waals surface area contributed by atoms with Crippen LogP contribution in [0.3, 0.4) is 0 Å². The Morgan fingerprint density at radius 1 is 1.67 bits per heavy atom. The molecule has 2 unspecified atom stereocenters. The van der Waals surface area contributed by atoms with Crippen molar-refractivity contribution in [3.8, 4) is 0 Å². The highest BCUT2D eigenvalue weighted by Crippen LogP contribution is 2.19. The fourth-order valence-corrected chi connectivity index (χ4v) is 2.15. The lowest BCUT2D eigenvalue weighted by Crippen LogP contribution is -2.32. The molecular formula is C11H18N4O2S. The quantitative estimate of drug-likeness (QED) is 0.590. The maximum absolute atomic E-state index is 11.3. The van der Waals surface area contributed by atoms with E-state index in [-0.39, 0.29) is 23.5 Å². The summed E-state index contributed by atoms with van der Waals surface area (Å²) in [5, 5.41) is 12.3. The van der Waals surface area contributed by atoms with Crippen molar-refractivity contribution < 1.29 is 9.90 Å². The molecule has 2 atom stereocenters. The number of carbonyl (C=O) groups is 1. The number of carbonyl (C=O) groups excluding carboxylic acids is 1. The Morgan fingerprint density at radius 2 is 2.33 bits per heavy atom. The Morgan fingerprint density at radius 3 is 2.83 bits per heavy atom. The van der Waals surface area contributed by atoms with Crippen molar-refractivity contribution in [1.82, 2.24) is 4.98 Å². The van der Waals surface area contributed by atoms with Gasteiger partial charge in [0.2, 0.25) is 0 Å². The topological polar surface area (TPSA) is 114 Å². The van der Waals surface area contributed by atoms with Crippen molar-refractivity contribution in [3.05, 3.63) is 17.8 Å². The van der Waals surface area contributed by atoms with E-state index in [1.807, 2.05) is 13.2 Å². The second-order valence-corrected chi connectivity index (χ2v) is 5.00. The minimum atomic E-state index is -0.589. The van der Waals surface area contributed by atoms with Crippen LogP contribution in [-0.2, 0) is 0 Å². The van der Waals surface area contributed by atoms with Crippen LogP contribution in [0.25, 0.3) is 0 Å². The lowest BCUT2D eigenvalue weighted by atomic mass is 10.2. The van der Waals surface area contributed by atoms with Gasteiger partial charge in [-0.15, -0.1) is 0 Å². The first-order valence-electron chi connectivity index (χ1n) is 5.45. The van der Waals surface area contributed by atoms with Crippen molar-refractivity contribution in [2.45, 2.75) is 18.2 Å². The fourth-order valence-electron chi connectivity index (χ4n) is 1.53. The van der Waals surface area contributed by atoms with Gasteiger partial charge in [-0.05, 0) is 19.2 Å². The van der Waals surface area contributed by atoms with E-state index in [0.29, 0.717) is 11.5 Å². The molecule has 1 amide bonds. The van der Waals surface area contributed by atoms with Crippen LogP contribution in [0.15, 0.2) is 12.3 Å². The predicted octanol–water partition coefficient (Wildman–Crippen LogP) is 0.287. The molecule has 0 saturated heterocycles. The van der Waals surface area contributed by atoms with Crippen molar-refractivity contribution in [2.24, 2.45) is 5.73 Å². The van der Waals surface area contributed by atoms with E-state index < -0.39 is 5.91 Å². The third kappa shape index (κ3) is 3.51. The number of thioether (sulfide) groups is 1. The third-order valence-electron chi connectivity index (χ3n) is 2.58. The molecule has 100 valence electrons. The Balaban J connectivity index is 2.93. The van der Waals surface area contributed by atoms with E-state index in [4.69, 9.17) is 11.5 Å². The molecule has 18 heavy (non-hydrogen) atoms. The number of primary amides is 1. The number of nitrogen functional groups attached to an aromatic ring is 1. The zero-order chi connectivity index (χ0) is 13.7. The SMILES string of the molecule is CSC(CO)C(C)Nc1ncc(N)cc1C(N)=O.